The molecule has 1 N–H and O–H groups in total. The van der Waals surface area contributed by atoms with Crippen LogP contribution in [0.4, 0.5) is 15.8 Å². The second-order valence-corrected chi connectivity index (χ2v) is 5.34. The summed E-state index contributed by atoms with van der Waals surface area (Å²) < 4.78 is 13.4. The topological polar surface area (TPSA) is 75.5 Å². The number of halogens is 2. The van der Waals surface area contributed by atoms with Crippen molar-refractivity contribution in [3.8, 4) is 0 Å². The first kappa shape index (κ1) is 14.7. The van der Waals surface area contributed by atoms with Gasteiger partial charge in [0.15, 0.2) is 0 Å². The average Bonchev–Trinajstić information content (AvgIpc) is 2.93. The number of nitro groups is 1. The van der Waals surface area contributed by atoms with E-state index in [-0.39, 0.29) is 28.3 Å². The zero-order valence-corrected chi connectivity index (χ0v) is 12.2. The molecule has 108 valence electrons. The number of anilines is 1. The Bertz CT molecular complexity index is 547. The van der Waals surface area contributed by atoms with E-state index in [1.807, 2.05) is 0 Å². The van der Waals surface area contributed by atoms with Gasteiger partial charge >= 0.3 is 0 Å². The van der Waals surface area contributed by atoms with Gasteiger partial charge in [0.05, 0.1) is 22.0 Å². The van der Waals surface area contributed by atoms with Crippen molar-refractivity contribution in [3.05, 3.63) is 32.5 Å². The first-order valence-corrected chi connectivity index (χ1v) is 6.93. The Labute approximate surface area is 123 Å². The number of nitrogens with zero attached hydrogens (tertiary/aromatic N) is 2. The normalized spacial score (nSPS) is 14.4. The third-order valence-corrected chi connectivity index (χ3v) is 3.73. The smallest absolute Gasteiger partial charge is 0.295 e. The number of benzene rings is 1. The molecule has 0 atom stereocenters. The van der Waals surface area contributed by atoms with E-state index >= 15 is 0 Å². The molecule has 0 unspecified atom stereocenters. The van der Waals surface area contributed by atoms with Crippen LogP contribution in [0.3, 0.4) is 0 Å². The van der Waals surface area contributed by atoms with Crippen molar-refractivity contribution in [3.63, 3.8) is 0 Å². The SMILES string of the molecule is O=C(CNc1cc(Br)c(F)cc1[N+](=O)[O-])N1CCCC1. The van der Waals surface area contributed by atoms with Crippen LogP contribution in [0.1, 0.15) is 12.8 Å². The maximum Gasteiger partial charge on any atom is 0.295 e. The van der Waals surface area contributed by atoms with Gasteiger partial charge in [0, 0.05) is 13.1 Å². The van der Waals surface area contributed by atoms with Crippen molar-refractivity contribution >= 4 is 33.2 Å². The molecule has 1 aliphatic heterocycles. The molecule has 1 aliphatic rings. The van der Waals surface area contributed by atoms with Crippen LogP contribution in [0.5, 0.6) is 0 Å². The van der Waals surface area contributed by atoms with E-state index in [0.717, 1.165) is 32.0 Å². The fraction of sp³-hybridized carbons (Fsp3) is 0.417. The second kappa shape index (κ2) is 6.17. The van der Waals surface area contributed by atoms with Crippen molar-refractivity contribution in [2.75, 3.05) is 25.0 Å². The first-order chi connectivity index (χ1) is 9.49. The number of carbonyl (C=O) groups excluding carboxylic acids is 1. The summed E-state index contributed by atoms with van der Waals surface area (Å²) in [6.07, 6.45) is 1.96. The lowest BCUT2D eigenvalue weighted by Gasteiger charge is -2.16. The fourth-order valence-electron chi connectivity index (χ4n) is 2.08. The lowest BCUT2D eigenvalue weighted by Crippen LogP contribution is -2.33. The predicted molar refractivity (Wildman–Crippen MR) is 75.1 cm³/mol. The van der Waals surface area contributed by atoms with Gasteiger partial charge in [-0.15, -0.1) is 0 Å². The number of rotatable bonds is 4. The highest BCUT2D eigenvalue weighted by atomic mass is 79.9. The van der Waals surface area contributed by atoms with Crippen LogP contribution in [0.2, 0.25) is 0 Å². The molecule has 0 bridgehead atoms. The zero-order chi connectivity index (χ0) is 14.7. The van der Waals surface area contributed by atoms with Gasteiger partial charge in [-0.05, 0) is 34.8 Å². The van der Waals surface area contributed by atoms with Crippen molar-refractivity contribution < 1.29 is 14.1 Å². The molecule has 8 heteroatoms. The van der Waals surface area contributed by atoms with Gasteiger partial charge in [0.25, 0.3) is 5.69 Å². The Morgan fingerprint density at radius 3 is 2.70 bits per heavy atom. The van der Waals surface area contributed by atoms with Crippen LogP contribution in [-0.4, -0.2) is 35.4 Å². The summed E-state index contributed by atoms with van der Waals surface area (Å²) in [7, 11) is 0. The van der Waals surface area contributed by atoms with E-state index in [1.54, 1.807) is 4.90 Å². The molecule has 0 aliphatic carbocycles. The molecule has 0 spiro atoms. The van der Waals surface area contributed by atoms with E-state index in [9.17, 15) is 19.3 Å². The molecule has 1 amide bonds. The number of carbonyl (C=O) groups is 1. The van der Waals surface area contributed by atoms with Crippen molar-refractivity contribution in [1.29, 1.82) is 0 Å². The fourth-order valence-corrected chi connectivity index (χ4v) is 2.42. The van der Waals surface area contributed by atoms with Gasteiger partial charge in [-0.3, -0.25) is 14.9 Å². The van der Waals surface area contributed by atoms with Crippen LogP contribution in [0, 0.1) is 15.9 Å². The highest BCUT2D eigenvalue weighted by Gasteiger charge is 2.21. The maximum absolute atomic E-state index is 13.3. The summed E-state index contributed by atoms with van der Waals surface area (Å²) in [5.74, 6) is -0.828. The maximum atomic E-state index is 13.3. The predicted octanol–water partition coefficient (Wildman–Crippen LogP) is 2.53. The molecule has 0 radical (unpaired) electrons. The van der Waals surface area contributed by atoms with Gasteiger partial charge in [0.1, 0.15) is 11.5 Å². The molecule has 1 fully saturated rings. The molecule has 6 nitrogen and oxygen atoms in total. The Hall–Kier alpha value is -1.70. The molecule has 1 heterocycles. The summed E-state index contributed by atoms with van der Waals surface area (Å²) in [5.41, 5.74) is -0.268. The Morgan fingerprint density at radius 1 is 1.45 bits per heavy atom. The van der Waals surface area contributed by atoms with Gasteiger partial charge in [-0.1, -0.05) is 0 Å². The van der Waals surface area contributed by atoms with Crippen molar-refractivity contribution in [1.82, 2.24) is 4.90 Å². The Balaban J connectivity index is 2.10. The summed E-state index contributed by atoms with van der Waals surface area (Å²) in [5, 5.41) is 13.6. The van der Waals surface area contributed by atoms with Crippen LogP contribution in [0.15, 0.2) is 16.6 Å². The first-order valence-electron chi connectivity index (χ1n) is 6.14. The monoisotopic (exact) mass is 345 g/mol. The number of amides is 1. The van der Waals surface area contributed by atoms with E-state index in [0.29, 0.717) is 0 Å². The van der Waals surface area contributed by atoms with Crippen molar-refractivity contribution in [2.45, 2.75) is 12.8 Å². The van der Waals surface area contributed by atoms with Gasteiger partial charge in [-0.25, -0.2) is 4.39 Å². The quantitative estimate of drug-likeness (QED) is 0.672. The lowest BCUT2D eigenvalue weighted by atomic mass is 10.2. The standard InChI is InChI=1S/C12H13BrFN3O3/c13-8-5-10(11(17(19)20)6-9(8)14)15-7-12(18)16-3-1-2-4-16/h5-6,15H,1-4,7H2. The van der Waals surface area contributed by atoms with Crippen LogP contribution in [0.25, 0.3) is 0 Å². The molecule has 20 heavy (non-hydrogen) atoms. The van der Waals surface area contributed by atoms with E-state index in [4.69, 9.17) is 0 Å². The van der Waals surface area contributed by atoms with Gasteiger partial charge in [-0.2, -0.15) is 0 Å². The molecule has 1 saturated heterocycles. The number of nitro benzene ring substituents is 1. The Kier molecular flexibility index (Phi) is 4.53. The third-order valence-electron chi connectivity index (χ3n) is 3.12. The van der Waals surface area contributed by atoms with Gasteiger partial charge in [0.2, 0.25) is 5.91 Å². The average molecular weight is 346 g/mol. The van der Waals surface area contributed by atoms with E-state index < -0.39 is 10.7 Å². The minimum Gasteiger partial charge on any atom is -0.371 e. The Morgan fingerprint density at radius 2 is 2.10 bits per heavy atom. The van der Waals surface area contributed by atoms with Crippen LogP contribution in [-0.2, 0) is 4.79 Å². The van der Waals surface area contributed by atoms with E-state index in [1.165, 1.54) is 6.07 Å². The number of hydrogen-bond acceptors (Lipinski definition) is 4. The highest BCUT2D eigenvalue weighted by Crippen LogP contribution is 2.30. The summed E-state index contributed by atoms with van der Waals surface area (Å²) in [4.78, 5) is 23.8. The summed E-state index contributed by atoms with van der Waals surface area (Å²) >= 11 is 2.97. The second-order valence-electron chi connectivity index (χ2n) is 4.48. The van der Waals surface area contributed by atoms with Crippen LogP contribution < -0.4 is 5.32 Å². The van der Waals surface area contributed by atoms with Crippen molar-refractivity contribution in [2.24, 2.45) is 0 Å². The largest absolute Gasteiger partial charge is 0.371 e. The number of nitrogens with one attached hydrogen (secondary N) is 1. The minimum atomic E-state index is -0.715. The van der Waals surface area contributed by atoms with Gasteiger partial charge < -0.3 is 10.2 Å². The van der Waals surface area contributed by atoms with E-state index in [2.05, 4.69) is 21.2 Å². The molecule has 1 aromatic carbocycles. The molecular weight excluding hydrogens is 333 g/mol. The third kappa shape index (κ3) is 3.24. The summed E-state index contributed by atoms with van der Waals surface area (Å²) in [6.45, 7) is 1.39. The minimum absolute atomic E-state index is 0.0427. The molecule has 0 saturated carbocycles. The number of likely N-dealkylation sites (tertiary alicyclic amines) is 1. The molecule has 2 rings (SSSR count). The zero-order valence-electron chi connectivity index (χ0n) is 10.6. The molecule has 0 aromatic heterocycles. The van der Waals surface area contributed by atoms with Crippen LogP contribution >= 0.6 is 15.9 Å². The molecule has 1 aromatic rings. The number of hydrogen-bond donors (Lipinski definition) is 1. The summed E-state index contributed by atoms with van der Waals surface area (Å²) in [6, 6.07) is 2.09. The molecular formula is C12H13BrFN3O3. The highest BCUT2D eigenvalue weighted by molar-refractivity contribution is 9.10. The lowest BCUT2D eigenvalue weighted by molar-refractivity contribution is -0.384.